The van der Waals surface area contributed by atoms with Crippen LogP contribution >= 0.6 is 0 Å². The van der Waals surface area contributed by atoms with Crippen molar-refractivity contribution in [2.45, 2.75) is 46.6 Å². The van der Waals surface area contributed by atoms with Crippen molar-refractivity contribution in [2.24, 2.45) is 5.41 Å². The average Bonchev–Trinajstić information content (AvgIpc) is 2.90. The zero-order valence-electron chi connectivity index (χ0n) is 12.9. The summed E-state index contributed by atoms with van der Waals surface area (Å²) in [5, 5.41) is 0. The van der Waals surface area contributed by atoms with Crippen LogP contribution in [0.25, 0.3) is 0 Å². The number of nitrogen functional groups attached to an aromatic ring is 1. The molecule has 1 aromatic rings. The summed E-state index contributed by atoms with van der Waals surface area (Å²) in [6.07, 6.45) is 3.66. The molecule has 0 radical (unpaired) electrons. The highest BCUT2D eigenvalue weighted by molar-refractivity contribution is 5.48. The molecule has 0 bridgehead atoms. The molecule has 0 spiro atoms. The van der Waals surface area contributed by atoms with Crippen LogP contribution < -0.4 is 10.6 Å². The molecule has 2 rings (SSSR count). The zero-order valence-corrected chi connectivity index (χ0v) is 12.9. The summed E-state index contributed by atoms with van der Waals surface area (Å²) in [6.45, 7) is 9.71. The van der Waals surface area contributed by atoms with Crippen molar-refractivity contribution in [3.8, 4) is 0 Å². The number of anilines is 2. The average molecular weight is 278 g/mol. The minimum absolute atomic E-state index is 0.426. The van der Waals surface area contributed by atoms with Crippen LogP contribution in [0.2, 0.25) is 0 Å². The SMILES string of the molecule is CCOCc1nc(N)cc(N2CCC(CC)(CC)C2)n1. The van der Waals surface area contributed by atoms with E-state index in [1.807, 2.05) is 13.0 Å². The third kappa shape index (κ3) is 3.20. The van der Waals surface area contributed by atoms with Gasteiger partial charge in [0.15, 0.2) is 5.82 Å². The second kappa shape index (κ2) is 6.39. The van der Waals surface area contributed by atoms with Gasteiger partial charge in [0.2, 0.25) is 0 Å². The van der Waals surface area contributed by atoms with Crippen LogP contribution in [0.15, 0.2) is 6.07 Å². The minimum Gasteiger partial charge on any atom is -0.384 e. The van der Waals surface area contributed by atoms with E-state index in [9.17, 15) is 0 Å². The standard InChI is InChI=1S/C15H26N4O/c1-4-15(5-2)7-8-19(11-15)14-9-12(16)17-13(18-14)10-20-6-3/h9H,4-8,10-11H2,1-3H3,(H2,16,17,18). The quantitative estimate of drug-likeness (QED) is 0.866. The summed E-state index contributed by atoms with van der Waals surface area (Å²) in [7, 11) is 0. The fraction of sp³-hybridized carbons (Fsp3) is 0.733. The second-order valence-corrected chi connectivity index (χ2v) is 5.58. The molecule has 2 N–H and O–H groups in total. The summed E-state index contributed by atoms with van der Waals surface area (Å²) >= 11 is 0. The van der Waals surface area contributed by atoms with Crippen molar-refractivity contribution in [1.29, 1.82) is 0 Å². The number of nitrogens with two attached hydrogens (primary N) is 1. The van der Waals surface area contributed by atoms with Crippen molar-refractivity contribution in [2.75, 3.05) is 30.3 Å². The Morgan fingerprint density at radius 3 is 2.65 bits per heavy atom. The van der Waals surface area contributed by atoms with Gasteiger partial charge in [0.1, 0.15) is 18.2 Å². The zero-order chi connectivity index (χ0) is 14.6. The molecule has 5 nitrogen and oxygen atoms in total. The topological polar surface area (TPSA) is 64.3 Å². The Labute approximate surface area is 121 Å². The summed E-state index contributed by atoms with van der Waals surface area (Å²) in [5.74, 6) is 2.14. The maximum atomic E-state index is 5.90. The molecule has 0 aromatic carbocycles. The molecule has 0 saturated carbocycles. The monoisotopic (exact) mass is 278 g/mol. The lowest BCUT2D eigenvalue weighted by atomic mass is 9.82. The number of hydrogen-bond acceptors (Lipinski definition) is 5. The summed E-state index contributed by atoms with van der Waals surface area (Å²) in [4.78, 5) is 11.2. The van der Waals surface area contributed by atoms with Crippen molar-refractivity contribution in [1.82, 2.24) is 9.97 Å². The van der Waals surface area contributed by atoms with Crippen LogP contribution in [0.1, 0.15) is 45.9 Å². The molecule has 0 unspecified atom stereocenters. The third-order valence-corrected chi connectivity index (χ3v) is 4.48. The highest BCUT2D eigenvalue weighted by Crippen LogP contribution is 2.38. The van der Waals surface area contributed by atoms with Crippen LogP contribution in [-0.2, 0) is 11.3 Å². The number of nitrogens with zero attached hydrogens (tertiary/aromatic N) is 3. The van der Waals surface area contributed by atoms with E-state index in [2.05, 4.69) is 28.7 Å². The van der Waals surface area contributed by atoms with Gasteiger partial charge in [0.05, 0.1) is 0 Å². The Balaban J connectivity index is 2.15. The van der Waals surface area contributed by atoms with Crippen LogP contribution in [0, 0.1) is 5.41 Å². The Morgan fingerprint density at radius 1 is 1.30 bits per heavy atom. The Kier molecular flexibility index (Phi) is 4.81. The molecule has 0 amide bonds. The van der Waals surface area contributed by atoms with Gasteiger partial charge in [0.25, 0.3) is 0 Å². The maximum Gasteiger partial charge on any atom is 0.158 e. The third-order valence-electron chi connectivity index (χ3n) is 4.48. The molecule has 112 valence electrons. The predicted octanol–water partition coefficient (Wildman–Crippen LogP) is 2.61. The second-order valence-electron chi connectivity index (χ2n) is 5.58. The summed E-state index contributed by atoms with van der Waals surface area (Å²) < 4.78 is 5.38. The smallest absolute Gasteiger partial charge is 0.158 e. The van der Waals surface area contributed by atoms with Crippen molar-refractivity contribution < 1.29 is 4.74 Å². The fourth-order valence-electron chi connectivity index (χ4n) is 2.88. The maximum absolute atomic E-state index is 5.90. The van der Waals surface area contributed by atoms with Crippen molar-refractivity contribution >= 4 is 11.6 Å². The molecule has 1 aliphatic heterocycles. The Morgan fingerprint density at radius 2 is 2.05 bits per heavy atom. The molecule has 1 saturated heterocycles. The Hall–Kier alpha value is -1.36. The van der Waals surface area contributed by atoms with Crippen molar-refractivity contribution in [3.63, 3.8) is 0 Å². The number of aromatic nitrogens is 2. The van der Waals surface area contributed by atoms with E-state index in [4.69, 9.17) is 10.5 Å². The van der Waals surface area contributed by atoms with Gasteiger partial charge < -0.3 is 15.4 Å². The van der Waals surface area contributed by atoms with Gasteiger partial charge in [0, 0.05) is 25.8 Å². The summed E-state index contributed by atoms with van der Waals surface area (Å²) in [6, 6.07) is 1.87. The van der Waals surface area contributed by atoms with Crippen LogP contribution in [0.3, 0.4) is 0 Å². The first kappa shape index (κ1) is 15.0. The van der Waals surface area contributed by atoms with E-state index in [0.29, 0.717) is 30.3 Å². The van der Waals surface area contributed by atoms with Crippen molar-refractivity contribution in [3.05, 3.63) is 11.9 Å². The van der Waals surface area contributed by atoms with Gasteiger partial charge in [-0.3, -0.25) is 0 Å². The van der Waals surface area contributed by atoms with E-state index in [1.165, 1.54) is 19.3 Å². The Bertz CT molecular complexity index is 445. The fourth-order valence-corrected chi connectivity index (χ4v) is 2.88. The lowest BCUT2D eigenvalue weighted by molar-refractivity contribution is 0.128. The molecule has 1 aromatic heterocycles. The highest BCUT2D eigenvalue weighted by Gasteiger charge is 2.35. The molecular formula is C15H26N4O. The van der Waals surface area contributed by atoms with Crippen LogP contribution in [0.4, 0.5) is 11.6 Å². The molecule has 1 fully saturated rings. The molecular weight excluding hydrogens is 252 g/mol. The van der Waals surface area contributed by atoms with Crippen LogP contribution in [-0.4, -0.2) is 29.7 Å². The first-order valence-electron chi connectivity index (χ1n) is 7.58. The van der Waals surface area contributed by atoms with E-state index in [1.54, 1.807) is 0 Å². The number of ether oxygens (including phenoxy) is 1. The van der Waals surface area contributed by atoms with Crippen LogP contribution in [0.5, 0.6) is 0 Å². The van der Waals surface area contributed by atoms with E-state index in [0.717, 1.165) is 18.9 Å². The largest absolute Gasteiger partial charge is 0.384 e. The predicted molar refractivity (Wildman–Crippen MR) is 81.6 cm³/mol. The lowest BCUT2D eigenvalue weighted by Crippen LogP contribution is -2.27. The lowest BCUT2D eigenvalue weighted by Gasteiger charge is -2.26. The molecule has 0 aliphatic carbocycles. The van der Waals surface area contributed by atoms with E-state index >= 15 is 0 Å². The number of hydrogen-bond donors (Lipinski definition) is 1. The molecule has 2 heterocycles. The first-order chi connectivity index (χ1) is 9.62. The van der Waals surface area contributed by atoms with Gasteiger partial charge in [-0.2, -0.15) is 0 Å². The minimum atomic E-state index is 0.426. The van der Waals surface area contributed by atoms with Gasteiger partial charge >= 0.3 is 0 Å². The van der Waals surface area contributed by atoms with Gasteiger partial charge in [-0.05, 0) is 31.6 Å². The first-order valence-corrected chi connectivity index (χ1v) is 7.58. The molecule has 1 aliphatic rings. The molecule has 0 atom stereocenters. The summed E-state index contributed by atoms with van der Waals surface area (Å²) in [5.41, 5.74) is 6.33. The van der Waals surface area contributed by atoms with E-state index < -0.39 is 0 Å². The van der Waals surface area contributed by atoms with Gasteiger partial charge in [-0.1, -0.05) is 13.8 Å². The normalized spacial score (nSPS) is 17.6. The highest BCUT2D eigenvalue weighted by atomic mass is 16.5. The molecule has 20 heavy (non-hydrogen) atoms. The number of rotatable bonds is 6. The van der Waals surface area contributed by atoms with Gasteiger partial charge in [-0.25, -0.2) is 9.97 Å². The van der Waals surface area contributed by atoms with Gasteiger partial charge in [-0.15, -0.1) is 0 Å². The van der Waals surface area contributed by atoms with E-state index in [-0.39, 0.29) is 0 Å². The molecule has 5 heteroatoms.